The highest BCUT2D eigenvalue weighted by atomic mass is 35.5. The van der Waals surface area contributed by atoms with Gasteiger partial charge in [-0.05, 0) is 24.3 Å². The van der Waals surface area contributed by atoms with Crippen molar-refractivity contribution in [1.29, 1.82) is 5.26 Å². The molecule has 0 spiro atoms. The number of carbonyl (C=O) groups is 1. The normalized spacial score (nSPS) is 11.9. The van der Waals surface area contributed by atoms with Crippen LogP contribution in [0, 0.1) is 11.3 Å². The first kappa shape index (κ1) is 24.4. The number of fused-ring (bicyclic) bond motifs is 1. The number of halogens is 1. The molecule has 0 radical (unpaired) electrons. The van der Waals surface area contributed by atoms with Crippen molar-refractivity contribution in [3.05, 3.63) is 70.9 Å². The van der Waals surface area contributed by atoms with E-state index in [0.717, 1.165) is 17.2 Å². The summed E-state index contributed by atoms with van der Waals surface area (Å²) < 4.78 is 30.7. The first-order chi connectivity index (χ1) is 16.8. The fourth-order valence-corrected chi connectivity index (χ4v) is 4.96. The van der Waals surface area contributed by atoms with Gasteiger partial charge in [-0.25, -0.2) is 8.42 Å². The molecule has 178 valence electrons. The molecule has 12 heteroatoms. The minimum atomic E-state index is -3.55. The Kier molecular flexibility index (Phi) is 7.16. The number of hydrogen-bond acceptors (Lipinski definition) is 8. The van der Waals surface area contributed by atoms with Crippen LogP contribution in [0.15, 0.2) is 64.6 Å². The van der Waals surface area contributed by atoms with Gasteiger partial charge in [0.25, 0.3) is 5.91 Å². The van der Waals surface area contributed by atoms with Crippen LogP contribution in [0.25, 0.3) is 17.0 Å². The maximum atomic E-state index is 12.7. The van der Waals surface area contributed by atoms with Gasteiger partial charge >= 0.3 is 0 Å². The van der Waals surface area contributed by atoms with Crippen molar-refractivity contribution in [2.75, 3.05) is 18.2 Å². The Bertz CT molecular complexity index is 1580. The number of nitrogens with one attached hydrogen (secondary N) is 1. The predicted molar refractivity (Wildman–Crippen MR) is 134 cm³/mol. The monoisotopic (exact) mass is 527 g/mol. The van der Waals surface area contributed by atoms with Gasteiger partial charge in [0.1, 0.15) is 24.0 Å². The van der Waals surface area contributed by atoms with Gasteiger partial charge in [0.15, 0.2) is 0 Å². The summed E-state index contributed by atoms with van der Waals surface area (Å²) in [6, 6.07) is 16.7. The Morgan fingerprint density at radius 1 is 1.23 bits per heavy atom. The number of para-hydroxylation sites is 2. The molecule has 2 heterocycles. The molecule has 0 aliphatic carbocycles. The molecule has 9 nitrogen and oxygen atoms in total. The molecule has 0 aliphatic heterocycles. The number of carbonyl (C=O) groups excluding carboxylic acids is 1. The van der Waals surface area contributed by atoms with E-state index in [1.54, 1.807) is 12.1 Å². The zero-order valence-corrected chi connectivity index (χ0v) is 20.7. The lowest BCUT2D eigenvalue weighted by molar-refractivity contribution is -0.112. The first-order valence-corrected chi connectivity index (χ1v) is 13.3. The van der Waals surface area contributed by atoms with Crippen LogP contribution in [0.3, 0.4) is 0 Å². The second kappa shape index (κ2) is 10.3. The molecule has 2 aromatic heterocycles. The molecule has 0 bridgehead atoms. The van der Waals surface area contributed by atoms with Crippen LogP contribution < -0.4 is 10.1 Å². The van der Waals surface area contributed by atoms with E-state index in [1.807, 2.05) is 53.2 Å². The minimum Gasteiger partial charge on any atom is -0.490 e. The van der Waals surface area contributed by atoms with Crippen LogP contribution in [-0.2, 0) is 21.2 Å². The third kappa shape index (κ3) is 5.68. The molecule has 0 aliphatic rings. The van der Waals surface area contributed by atoms with Crippen LogP contribution in [0.1, 0.15) is 5.56 Å². The smallest absolute Gasteiger partial charge is 0.268 e. The van der Waals surface area contributed by atoms with Gasteiger partial charge in [-0.3, -0.25) is 10.1 Å². The van der Waals surface area contributed by atoms with Crippen molar-refractivity contribution >= 4 is 60.8 Å². The maximum absolute atomic E-state index is 12.7. The van der Waals surface area contributed by atoms with Gasteiger partial charge in [-0.15, -0.1) is 10.2 Å². The quantitative estimate of drug-likeness (QED) is 0.207. The molecule has 4 rings (SSSR count). The van der Waals surface area contributed by atoms with Gasteiger partial charge in [0.05, 0.1) is 11.6 Å². The van der Waals surface area contributed by atoms with Crippen molar-refractivity contribution in [3.8, 4) is 11.8 Å². The Balaban J connectivity index is 1.55. The van der Waals surface area contributed by atoms with Crippen LogP contribution >= 0.6 is 22.9 Å². The number of benzene rings is 2. The van der Waals surface area contributed by atoms with Crippen molar-refractivity contribution in [1.82, 2.24) is 14.8 Å². The van der Waals surface area contributed by atoms with Crippen LogP contribution in [0.4, 0.5) is 5.13 Å². The number of amides is 1. The van der Waals surface area contributed by atoms with E-state index >= 15 is 0 Å². The lowest BCUT2D eigenvalue weighted by Crippen LogP contribution is -2.13. The van der Waals surface area contributed by atoms with Crippen molar-refractivity contribution < 1.29 is 17.9 Å². The van der Waals surface area contributed by atoms with Crippen LogP contribution in [-0.4, -0.2) is 42.0 Å². The standard InChI is InChI=1S/C23H18ClN5O4S2/c1-35(31,32)23-28-27-22(34-23)26-21(30)15(13-25)12-16-14-29(19-8-4-2-6-17(16)19)10-11-33-20-9-5-3-7-18(20)24/h2-9,12,14H,10-11H2,1H3,(H,26,27,30). The number of nitrogens with zero attached hydrogens (tertiary/aromatic N) is 4. The number of rotatable bonds is 8. The largest absolute Gasteiger partial charge is 0.490 e. The van der Waals surface area contributed by atoms with Crippen LogP contribution in [0.2, 0.25) is 5.02 Å². The second-order valence-electron chi connectivity index (χ2n) is 7.34. The van der Waals surface area contributed by atoms with E-state index in [2.05, 4.69) is 15.5 Å². The fraction of sp³-hybridized carbons (Fsp3) is 0.130. The number of anilines is 1. The van der Waals surface area contributed by atoms with Crippen LogP contribution in [0.5, 0.6) is 5.75 Å². The zero-order valence-electron chi connectivity index (χ0n) is 18.3. The average molecular weight is 528 g/mol. The lowest BCUT2D eigenvalue weighted by Gasteiger charge is -2.09. The number of sulfone groups is 1. The van der Waals surface area contributed by atoms with E-state index in [4.69, 9.17) is 16.3 Å². The minimum absolute atomic E-state index is 0.0178. The number of nitriles is 1. The summed E-state index contributed by atoms with van der Waals surface area (Å²) >= 11 is 6.86. The molecule has 0 saturated heterocycles. The molecule has 0 unspecified atom stereocenters. The van der Waals surface area contributed by atoms with Gasteiger partial charge in [-0.1, -0.05) is 53.3 Å². The van der Waals surface area contributed by atoms with Gasteiger partial charge < -0.3 is 9.30 Å². The molecule has 2 aromatic carbocycles. The molecule has 35 heavy (non-hydrogen) atoms. The Labute approximate surface area is 210 Å². The fourth-order valence-electron chi connectivity index (χ4n) is 3.27. The number of aromatic nitrogens is 3. The lowest BCUT2D eigenvalue weighted by atomic mass is 10.1. The molecular formula is C23H18ClN5O4S2. The van der Waals surface area contributed by atoms with E-state index in [0.29, 0.717) is 40.8 Å². The Morgan fingerprint density at radius 2 is 1.97 bits per heavy atom. The summed E-state index contributed by atoms with van der Waals surface area (Å²) in [5.74, 6) is -0.132. The Hall–Kier alpha value is -3.72. The molecule has 0 atom stereocenters. The summed E-state index contributed by atoms with van der Waals surface area (Å²) in [5.41, 5.74) is 1.40. The van der Waals surface area contributed by atoms with E-state index in [9.17, 15) is 18.5 Å². The van der Waals surface area contributed by atoms with Crippen molar-refractivity contribution in [2.45, 2.75) is 10.9 Å². The Morgan fingerprint density at radius 3 is 2.69 bits per heavy atom. The first-order valence-electron chi connectivity index (χ1n) is 10.2. The topological polar surface area (TPSA) is 127 Å². The molecule has 4 aromatic rings. The molecule has 1 amide bonds. The van der Waals surface area contributed by atoms with E-state index < -0.39 is 15.7 Å². The highest BCUT2D eigenvalue weighted by molar-refractivity contribution is 7.92. The SMILES string of the molecule is CS(=O)(=O)c1nnc(NC(=O)C(C#N)=Cc2cn(CCOc3ccccc3Cl)c3ccccc23)s1. The summed E-state index contributed by atoms with van der Waals surface area (Å²) in [6.45, 7) is 0.865. The van der Waals surface area contributed by atoms with Gasteiger partial charge in [0, 0.05) is 28.9 Å². The summed E-state index contributed by atoms with van der Waals surface area (Å²) in [6.07, 6.45) is 4.30. The number of hydrogen-bond donors (Lipinski definition) is 1. The molecule has 0 saturated carbocycles. The third-order valence-electron chi connectivity index (χ3n) is 4.85. The van der Waals surface area contributed by atoms with E-state index in [-0.39, 0.29) is 15.0 Å². The van der Waals surface area contributed by atoms with Crippen molar-refractivity contribution in [3.63, 3.8) is 0 Å². The maximum Gasteiger partial charge on any atom is 0.268 e. The summed E-state index contributed by atoms with van der Waals surface area (Å²) in [5, 5.41) is 20.6. The highest BCUT2D eigenvalue weighted by Crippen LogP contribution is 2.26. The molecular weight excluding hydrogens is 510 g/mol. The zero-order chi connectivity index (χ0) is 25.0. The summed E-state index contributed by atoms with van der Waals surface area (Å²) in [4.78, 5) is 12.7. The average Bonchev–Trinajstić information content (AvgIpc) is 3.44. The third-order valence-corrected chi connectivity index (χ3v) is 7.67. The summed E-state index contributed by atoms with van der Waals surface area (Å²) in [7, 11) is -3.55. The molecule has 1 N–H and O–H groups in total. The predicted octanol–water partition coefficient (Wildman–Crippen LogP) is 4.17. The van der Waals surface area contributed by atoms with E-state index in [1.165, 1.54) is 6.08 Å². The van der Waals surface area contributed by atoms with Gasteiger partial charge in [-0.2, -0.15) is 5.26 Å². The second-order valence-corrected chi connectivity index (χ2v) is 10.9. The van der Waals surface area contributed by atoms with Gasteiger partial charge in [0.2, 0.25) is 19.3 Å². The number of ether oxygens (including phenoxy) is 1. The van der Waals surface area contributed by atoms with Crippen molar-refractivity contribution in [2.24, 2.45) is 0 Å². The highest BCUT2D eigenvalue weighted by Gasteiger charge is 2.18. The molecule has 0 fully saturated rings.